The van der Waals surface area contributed by atoms with E-state index < -0.39 is 0 Å². The SMILES string of the molecule is IN[C@H]1CC[C@H](OCCN2CCOCC2)CC1. The zero-order valence-electron chi connectivity index (χ0n) is 10.4. The van der Waals surface area contributed by atoms with Gasteiger partial charge in [-0.3, -0.25) is 8.43 Å². The lowest BCUT2D eigenvalue weighted by molar-refractivity contribution is -0.0100. The molecule has 0 spiro atoms. The van der Waals surface area contributed by atoms with Gasteiger partial charge in [-0.2, -0.15) is 0 Å². The van der Waals surface area contributed by atoms with Crippen LogP contribution < -0.4 is 3.53 Å². The average Bonchev–Trinajstić information content (AvgIpc) is 2.41. The second kappa shape index (κ2) is 7.89. The van der Waals surface area contributed by atoms with Crippen LogP contribution >= 0.6 is 22.9 Å². The summed E-state index contributed by atoms with van der Waals surface area (Å²) in [5.74, 6) is 0. The molecular weight excluding hydrogens is 331 g/mol. The van der Waals surface area contributed by atoms with Crippen LogP contribution in [-0.2, 0) is 9.47 Å². The smallest absolute Gasteiger partial charge is 0.0597 e. The van der Waals surface area contributed by atoms with Crippen LogP contribution in [0, 0.1) is 0 Å². The molecule has 0 aromatic heterocycles. The molecule has 1 saturated carbocycles. The summed E-state index contributed by atoms with van der Waals surface area (Å²) in [7, 11) is 0. The molecule has 0 aromatic carbocycles. The molecule has 1 aliphatic heterocycles. The van der Waals surface area contributed by atoms with Crippen LogP contribution in [0.2, 0.25) is 0 Å². The van der Waals surface area contributed by atoms with E-state index in [2.05, 4.69) is 31.3 Å². The van der Waals surface area contributed by atoms with Crippen molar-refractivity contribution >= 4 is 22.9 Å². The van der Waals surface area contributed by atoms with Gasteiger partial charge >= 0.3 is 0 Å². The zero-order valence-corrected chi connectivity index (χ0v) is 12.5. The molecule has 0 unspecified atom stereocenters. The van der Waals surface area contributed by atoms with Crippen molar-refractivity contribution in [1.29, 1.82) is 0 Å². The summed E-state index contributed by atoms with van der Waals surface area (Å²) in [6.45, 7) is 5.84. The third-order valence-electron chi connectivity index (χ3n) is 3.69. The van der Waals surface area contributed by atoms with Crippen LogP contribution in [-0.4, -0.2) is 56.5 Å². The number of hydrogen-bond donors (Lipinski definition) is 1. The Balaban J connectivity index is 1.53. The molecule has 2 fully saturated rings. The largest absolute Gasteiger partial charge is 0.379 e. The highest BCUT2D eigenvalue weighted by Gasteiger charge is 2.20. The number of morpholine rings is 1. The molecule has 2 rings (SSSR count). The second-order valence-electron chi connectivity index (χ2n) is 4.91. The van der Waals surface area contributed by atoms with Gasteiger partial charge in [-0.1, -0.05) is 0 Å². The molecule has 0 atom stereocenters. The maximum Gasteiger partial charge on any atom is 0.0597 e. The molecule has 0 bridgehead atoms. The minimum Gasteiger partial charge on any atom is -0.379 e. The van der Waals surface area contributed by atoms with E-state index in [-0.39, 0.29) is 0 Å². The first-order valence-corrected chi connectivity index (χ1v) is 7.74. The highest BCUT2D eigenvalue weighted by molar-refractivity contribution is 14.1. The summed E-state index contributed by atoms with van der Waals surface area (Å²) in [5, 5.41) is 0. The molecule has 0 amide bonds. The van der Waals surface area contributed by atoms with Crippen LogP contribution in [0.5, 0.6) is 0 Å². The topological polar surface area (TPSA) is 33.7 Å². The van der Waals surface area contributed by atoms with Crippen molar-refractivity contribution in [2.24, 2.45) is 0 Å². The Morgan fingerprint density at radius 2 is 1.88 bits per heavy atom. The summed E-state index contributed by atoms with van der Waals surface area (Å²) >= 11 is 2.26. The summed E-state index contributed by atoms with van der Waals surface area (Å²) in [4.78, 5) is 2.43. The number of hydrogen-bond acceptors (Lipinski definition) is 4. The van der Waals surface area contributed by atoms with E-state index >= 15 is 0 Å². The van der Waals surface area contributed by atoms with Crippen molar-refractivity contribution in [3.63, 3.8) is 0 Å². The first kappa shape index (κ1) is 14.0. The Labute approximate surface area is 118 Å². The summed E-state index contributed by atoms with van der Waals surface area (Å²) in [6.07, 6.45) is 5.43. The third kappa shape index (κ3) is 4.98. The van der Waals surface area contributed by atoms with Gasteiger partial charge in [0.1, 0.15) is 0 Å². The molecule has 1 heterocycles. The summed E-state index contributed by atoms with van der Waals surface area (Å²) in [5.41, 5.74) is 0. The van der Waals surface area contributed by atoms with Crippen LogP contribution in [0.25, 0.3) is 0 Å². The number of nitrogens with one attached hydrogen (secondary N) is 1. The minimum atomic E-state index is 0.497. The lowest BCUT2D eigenvalue weighted by Crippen LogP contribution is -2.39. The quantitative estimate of drug-likeness (QED) is 0.601. The first-order valence-electron chi connectivity index (χ1n) is 6.66. The van der Waals surface area contributed by atoms with Crippen molar-refractivity contribution in [2.45, 2.75) is 37.8 Å². The number of nitrogens with zero attached hydrogens (tertiary/aromatic N) is 1. The van der Waals surface area contributed by atoms with E-state index in [1.165, 1.54) is 25.7 Å². The van der Waals surface area contributed by atoms with E-state index in [1.54, 1.807) is 0 Å². The van der Waals surface area contributed by atoms with E-state index in [9.17, 15) is 0 Å². The highest BCUT2D eigenvalue weighted by atomic mass is 127. The fourth-order valence-corrected chi connectivity index (χ4v) is 3.13. The number of rotatable bonds is 5. The van der Waals surface area contributed by atoms with Gasteiger partial charge in [-0.25, -0.2) is 0 Å². The van der Waals surface area contributed by atoms with Crippen molar-refractivity contribution in [1.82, 2.24) is 8.43 Å². The molecule has 17 heavy (non-hydrogen) atoms. The summed E-state index contributed by atoms with van der Waals surface area (Å²) in [6, 6.07) is 0.703. The maximum atomic E-state index is 5.97. The standard InChI is InChI=1S/C12H23IN2O2/c13-14-11-1-3-12(4-2-11)17-10-7-15-5-8-16-9-6-15/h11-12,14H,1-10H2/t11-,12-. The third-order valence-corrected chi connectivity index (χ3v) is 4.57. The van der Waals surface area contributed by atoms with Crippen LogP contribution in [0.4, 0.5) is 0 Å². The predicted octanol–water partition coefficient (Wildman–Crippen LogP) is 1.59. The molecule has 1 saturated heterocycles. The fraction of sp³-hybridized carbons (Fsp3) is 1.00. The molecule has 100 valence electrons. The first-order chi connectivity index (χ1) is 8.38. The van der Waals surface area contributed by atoms with Crippen molar-refractivity contribution in [3.8, 4) is 0 Å². The Kier molecular flexibility index (Phi) is 6.49. The van der Waals surface area contributed by atoms with Gasteiger partial charge < -0.3 is 9.47 Å². The molecular formula is C12H23IN2O2. The van der Waals surface area contributed by atoms with Gasteiger partial charge in [0.15, 0.2) is 0 Å². The Morgan fingerprint density at radius 1 is 1.18 bits per heavy atom. The zero-order chi connectivity index (χ0) is 11.9. The van der Waals surface area contributed by atoms with Crippen molar-refractivity contribution in [2.75, 3.05) is 39.5 Å². The van der Waals surface area contributed by atoms with E-state index in [0.717, 1.165) is 39.5 Å². The van der Waals surface area contributed by atoms with Crippen LogP contribution in [0.1, 0.15) is 25.7 Å². The second-order valence-corrected chi connectivity index (χ2v) is 5.53. The lowest BCUT2D eigenvalue weighted by atomic mass is 9.94. The van der Waals surface area contributed by atoms with E-state index in [0.29, 0.717) is 12.1 Å². The molecule has 0 radical (unpaired) electrons. The van der Waals surface area contributed by atoms with Crippen LogP contribution in [0.15, 0.2) is 0 Å². The average molecular weight is 354 g/mol. The van der Waals surface area contributed by atoms with Crippen molar-refractivity contribution < 1.29 is 9.47 Å². The van der Waals surface area contributed by atoms with Crippen LogP contribution in [0.3, 0.4) is 0 Å². The number of halogens is 1. The molecule has 4 nitrogen and oxygen atoms in total. The molecule has 0 aromatic rings. The van der Waals surface area contributed by atoms with Gasteiger partial charge in [-0.15, -0.1) is 0 Å². The Hall–Kier alpha value is 0.570. The van der Waals surface area contributed by atoms with Crippen molar-refractivity contribution in [3.05, 3.63) is 0 Å². The fourth-order valence-electron chi connectivity index (χ4n) is 2.51. The lowest BCUT2D eigenvalue weighted by Gasteiger charge is -2.30. The Morgan fingerprint density at radius 3 is 2.53 bits per heavy atom. The maximum absolute atomic E-state index is 5.97. The minimum absolute atomic E-state index is 0.497. The molecule has 2 aliphatic rings. The molecule has 1 N–H and O–H groups in total. The number of ether oxygens (including phenoxy) is 2. The van der Waals surface area contributed by atoms with Gasteiger partial charge in [0, 0.05) is 48.5 Å². The highest BCUT2D eigenvalue weighted by Crippen LogP contribution is 2.21. The van der Waals surface area contributed by atoms with Gasteiger partial charge in [-0.05, 0) is 25.7 Å². The summed E-state index contributed by atoms with van der Waals surface area (Å²) < 4.78 is 14.6. The monoisotopic (exact) mass is 354 g/mol. The van der Waals surface area contributed by atoms with E-state index in [1.807, 2.05) is 0 Å². The Bertz CT molecular complexity index is 205. The molecule has 1 aliphatic carbocycles. The normalized spacial score (nSPS) is 31.6. The van der Waals surface area contributed by atoms with Gasteiger partial charge in [0.25, 0.3) is 0 Å². The van der Waals surface area contributed by atoms with E-state index in [4.69, 9.17) is 9.47 Å². The predicted molar refractivity (Wildman–Crippen MR) is 76.4 cm³/mol. The van der Waals surface area contributed by atoms with Gasteiger partial charge in [0.2, 0.25) is 0 Å². The van der Waals surface area contributed by atoms with Gasteiger partial charge in [0.05, 0.1) is 25.9 Å². The molecule has 5 heteroatoms.